The van der Waals surface area contributed by atoms with Gasteiger partial charge in [0.2, 0.25) is 5.89 Å². The smallest absolute Gasteiger partial charge is 0.260 e. The summed E-state index contributed by atoms with van der Waals surface area (Å²) in [6.45, 7) is 8.43. The summed E-state index contributed by atoms with van der Waals surface area (Å²) >= 11 is 3.00. The van der Waals surface area contributed by atoms with Crippen molar-refractivity contribution in [2.75, 3.05) is 0 Å². The number of aromatic amines is 1. The Kier molecular flexibility index (Phi) is 5.58. The van der Waals surface area contributed by atoms with Gasteiger partial charge in [-0.1, -0.05) is 44.1 Å². The van der Waals surface area contributed by atoms with Gasteiger partial charge in [-0.15, -0.1) is 11.3 Å². The lowest BCUT2D eigenvalue weighted by atomic mass is 9.98. The third-order valence-corrected chi connectivity index (χ3v) is 6.15. The first-order valence-corrected chi connectivity index (χ1v) is 10.3. The number of rotatable bonds is 7. The van der Waals surface area contributed by atoms with Crippen molar-refractivity contribution in [2.45, 2.75) is 57.9 Å². The molecule has 0 saturated heterocycles. The number of nitrogens with one attached hydrogen (secondary N) is 1. The second-order valence-corrected chi connectivity index (χ2v) is 8.32. The van der Waals surface area contributed by atoms with Crippen molar-refractivity contribution in [3.8, 4) is 0 Å². The lowest BCUT2D eigenvalue weighted by molar-refractivity contribution is 0.385. The number of aromatic nitrogens is 4. The predicted octanol–water partition coefficient (Wildman–Crippen LogP) is 4.12. The fraction of sp³-hybridized carbons (Fsp3) is 0.529. The van der Waals surface area contributed by atoms with E-state index in [0.29, 0.717) is 28.5 Å². The topological polar surface area (TPSA) is 84.7 Å². The molecule has 0 bridgehead atoms. The van der Waals surface area contributed by atoms with Crippen LogP contribution in [0.2, 0.25) is 0 Å². The summed E-state index contributed by atoms with van der Waals surface area (Å²) in [7, 11) is 0. The van der Waals surface area contributed by atoms with Crippen LogP contribution in [0.5, 0.6) is 0 Å². The van der Waals surface area contributed by atoms with Crippen LogP contribution < -0.4 is 5.56 Å². The number of aryl methyl sites for hydroxylation is 2. The minimum absolute atomic E-state index is 0.0603. The molecule has 0 radical (unpaired) electrons. The van der Waals surface area contributed by atoms with Crippen molar-refractivity contribution in [3.63, 3.8) is 0 Å². The maximum absolute atomic E-state index is 12.6. The largest absolute Gasteiger partial charge is 0.338 e. The fourth-order valence-corrected chi connectivity index (χ4v) is 4.39. The van der Waals surface area contributed by atoms with Gasteiger partial charge in [0.25, 0.3) is 5.56 Å². The minimum atomic E-state index is -0.0603. The highest BCUT2D eigenvalue weighted by atomic mass is 32.2. The summed E-state index contributed by atoms with van der Waals surface area (Å²) in [5.41, 5.74) is 1.08. The van der Waals surface area contributed by atoms with Gasteiger partial charge in [0.1, 0.15) is 4.83 Å². The van der Waals surface area contributed by atoms with E-state index in [1.807, 2.05) is 6.92 Å². The zero-order valence-electron chi connectivity index (χ0n) is 14.9. The number of hydrogen-bond acceptors (Lipinski definition) is 7. The van der Waals surface area contributed by atoms with Crippen LogP contribution in [0.4, 0.5) is 0 Å². The molecule has 6 nitrogen and oxygen atoms in total. The summed E-state index contributed by atoms with van der Waals surface area (Å²) in [6, 6.07) is 0. The molecule has 1 unspecified atom stereocenters. The highest BCUT2D eigenvalue weighted by Gasteiger charge is 2.17. The average Bonchev–Trinajstić information content (AvgIpc) is 3.17. The van der Waals surface area contributed by atoms with Crippen LogP contribution >= 0.6 is 23.1 Å². The highest BCUT2D eigenvalue weighted by Crippen LogP contribution is 2.31. The molecule has 3 aromatic heterocycles. The van der Waals surface area contributed by atoms with Gasteiger partial charge < -0.3 is 9.51 Å². The molecule has 3 rings (SSSR count). The molecule has 0 amide bonds. The van der Waals surface area contributed by atoms with E-state index >= 15 is 0 Å². The van der Waals surface area contributed by atoms with Crippen molar-refractivity contribution >= 4 is 33.3 Å². The molecule has 3 aromatic rings. The molecule has 0 aliphatic heterocycles. The molecule has 0 aromatic carbocycles. The van der Waals surface area contributed by atoms with Gasteiger partial charge in [0.15, 0.2) is 11.0 Å². The van der Waals surface area contributed by atoms with Gasteiger partial charge in [-0.25, -0.2) is 4.98 Å². The fourth-order valence-electron chi connectivity index (χ4n) is 2.58. The first kappa shape index (κ1) is 18.1. The molecule has 1 N–H and O–H groups in total. The number of thiophene rings is 1. The van der Waals surface area contributed by atoms with E-state index in [2.05, 4.69) is 40.9 Å². The standard InChI is InChI=1S/C17H22N4O2S2/c1-5-9(3)7-11-10(4)25-16-14(11)15(22)19-17(20-16)24-8-13-18-12(6-2)21-23-13/h9H,5-8H2,1-4H3,(H,19,20,22). The molecule has 134 valence electrons. The van der Waals surface area contributed by atoms with E-state index in [1.54, 1.807) is 11.3 Å². The quantitative estimate of drug-likeness (QED) is 0.492. The third-order valence-electron chi connectivity index (χ3n) is 4.25. The highest BCUT2D eigenvalue weighted by molar-refractivity contribution is 7.98. The van der Waals surface area contributed by atoms with Crippen LogP contribution in [0, 0.1) is 12.8 Å². The summed E-state index contributed by atoms with van der Waals surface area (Å²) < 4.78 is 5.18. The molecule has 0 aliphatic carbocycles. The Balaban J connectivity index is 1.85. The Labute approximate surface area is 154 Å². The maximum atomic E-state index is 12.6. The minimum Gasteiger partial charge on any atom is -0.338 e. The Morgan fingerprint density at radius 2 is 2.12 bits per heavy atom. The van der Waals surface area contributed by atoms with Crippen LogP contribution in [-0.2, 0) is 18.6 Å². The first-order chi connectivity index (χ1) is 12.0. The van der Waals surface area contributed by atoms with Crippen LogP contribution in [0.25, 0.3) is 10.2 Å². The van der Waals surface area contributed by atoms with Gasteiger partial charge in [0.05, 0.1) is 11.1 Å². The van der Waals surface area contributed by atoms with E-state index < -0.39 is 0 Å². The number of hydrogen-bond donors (Lipinski definition) is 1. The van der Waals surface area contributed by atoms with Gasteiger partial charge in [-0.05, 0) is 24.8 Å². The van der Waals surface area contributed by atoms with Crippen LogP contribution in [0.3, 0.4) is 0 Å². The molecular formula is C17H22N4O2S2. The SMILES string of the molecule is CCc1noc(CSc2nc3sc(C)c(CC(C)CC)c3c(=O)[nH]2)n1. The molecular weight excluding hydrogens is 356 g/mol. The summed E-state index contributed by atoms with van der Waals surface area (Å²) in [5, 5.41) is 5.21. The van der Waals surface area contributed by atoms with Gasteiger partial charge in [-0.2, -0.15) is 4.98 Å². The zero-order valence-corrected chi connectivity index (χ0v) is 16.5. The maximum Gasteiger partial charge on any atom is 0.260 e. The second kappa shape index (κ2) is 7.70. The van der Waals surface area contributed by atoms with E-state index in [1.165, 1.54) is 16.6 Å². The number of nitrogens with zero attached hydrogens (tertiary/aromatic N) is 3. The predicted molar refractivity (Wildman–Crippen MR) is 101 cm³/mol. The molecule has 8 heteroatoms. The van der Waals surface area contributed by atoms with Gasteiger partial charge in [-0.3, -0.25) is 4.79 Å². The summed E-state index contributed by atoms with van der Waals surface area (Å²) in [5.74, 6) is 2.28. The zero-order chi connectivity index (χ0) is 18.0. The summed E-state index contributed by atoms with van der Waals surface area (Å²) in [4.78, 5) is 26.4. The third kappa shape index (κ3) is 3.95. The average molecular weight is 379 g/mol. The first-order valence-electron chi connectivity index (χ1n) is 8.48. The number of H-pyrrole nitrogens is 1. The molecule has 25 heavy (non-hydrogen) atoms. The lowest BCUT2D eigenvalue weighted by Crippen LogP contribution is -2.11. The van der Waals surface area contributed by atoms with Crippen LogP contribution in [0.1, 0.15) is 49.3 Å². The molecule has 0 aliphatic rings. The Bertz CT molecular complexity index is 929. The number of thioether (sulfide) groups is 1. The second-order valence-electron chi connectivity index (χ2n) is 6.15. The monoisotopic (exact) mass is 378 g/mol. The summed E-state index contributed by atoms with van der Waals surface area (Å²) in [6.07, 6.45) is 2.75. The van der Waals surface area contributed by atoms with Crippen molar-refractivity contribution in [3.05, 3.63) is 32.5 Å². The Morgan fingerprint density at radius 3 is 2.80 bits per heavy atom. The van der Waals surface area contributed by atoms with Crippen molar-refractivity contribution < 1.29 is 4.52 Å². The Morgan fingerprint density at radius 1 is 1.32 bits per heavy atom. The van der Waals surface area contributed by atoms with E-state index in [9.17, 15) is 4.79 Å². The van der Waals surface area contributed by atoms with Crippen LogP contribution in [-0.4, -0.2) is 20.1 Å². The molecule has 0 fully saturated rings. The Hall–Kier alpha value is -1.67. The van der Waals surface area contributed by atoms with Crippen molar-refractivity contribution in [1.82, 2.24) is 20.1 Å². The van der Waals surface area contributed by atoms with Crippen LogP contribution in [0.15, 0.2) is 14.5 Å². The number of fused-ring (bicyclic) bond motifs is 1. The lowest BCUT2D eigenvalue weighted by Gasteiger charge is -2.08. The molecule has 0 spiro atoms. The van der Waals surface area contributed by atoms with E-state index in [4.69, 9.17) is 4.52 Å². The molecule has 1 atom stereocenters. The van der Waals surface area contributed by atoms with Crippen molar-refractivity contribution in [1.29, 1.82) is 0 Å². The normalized spacial score (nSPS) is 12.8. The van der Waals surface area contributed by atoms with Crippen molar-refractivity contribution in [2.24, 2.45) is 5.92 Å². The van der Waals surface area contributed by atoms with Gasteiger partial charge >= 0.3 is 0 Å². The van der Waals surface area contributed by atoms with E-state index in [-0.39, 0.29) is 5.56 Å². The van der Waals surface area contributed by atoms with Gasteiger partial charge in [0, 0.05) is 11.3 Å². The molecule has 0 saturated carbocycles. The van der Waals surface area contributed by atoms with E-state index in [0.717, 1.165) is 35.0 Å². The molecule has 3 heterocycles.